The van der Waals surface area contributed by atoms with Gasteiger partial charge in [-0.05, 0) is 29.5 Å². The fraction of sp³-hybridized carbons (Fsp3) is 0.450. The highest BCUT2D eigenvalue weighted by Crippen LogP contribution is 2.35. The molecule has 0 aliphatic carbocycles. The molecule has 30 heavy (non-hydrogen) atoms. The summed E-state index contributed by atoms with van der Waals surface area (Å²) in [5.74, 6) is 0.0479. The summed E-state index contributed by atoms with van der Waals surface area (Å²) in [5.41, 5.74) is 1.69. The van der Waals surface area contributed by atoms with Gasteiger partial charge in [0.15, 0.2) is 16.7 Å². The molecule has 1 aliphatic rings. The summed E-state index contributed by atoms with van der Waals surface area (Å²) in [6.07, 6.45) is 0.707. The number of rotatable bonds is 5. The van der Waals surface area contributed by atoms with Crippen LogP contribution in [0, 0.1) is 0 Å². The molecule has 0 bridgehead atoms. The third kappa shape index (κ3) is 3.75. The number of aromatic amines is 1. The zero-order valence-electron chi connectivity index (χ0n) is 16.9. The fourth-order valence-corrected chi connectivity index (χ4v) is 4.51. The molecule has 1 aromatic carbocycles. The third-order valence-electron chi connectivity index (χ3n) is 5.29. The first-order chi connectivity index (χ1) is 14.2. The number of ether oxygens (including phenoxy) is 1. The Morgan fingerprint density at radius 2 is 2.17 bits per heavy atom. The predicted molar refractivity (Wildman–Crippen MR) is 116 cm³/mol. The number of nitrogens with one attached hydrogen (secondary N) is 2. The van der Waals surface area contributed by atoms with Gasteiger partial charge in [0.1, 0.15) is 5.82 Å². The first-order valence-corrected chi connectivity index (χ1v) is 10.4. The van der Waals surface area contributed by atoms with E-state index in [1.165, 1.54) is 0 Å². The molecule has 1 aliphatic heterocycles. The van der Waals surface area contributed by atoms with Crippen LogP contribution in [-0.4, -0.2) is 44.0 Å². The first-order valence-electron chi connectivity index (χ1n) is 9.66. The van der Waals surface area contributed by atoms with Crippen LogP contribution in [-0.2, 0) is 16.7 Å². The molecule has 4 rings (SSSR count). The summed E-state index contributed by atoms with van der Waals surface area (Å²) in [5, 5.41) is 21.8. The van der Waals surface area contributed by atoms with Gasteiger partial charge in [-0.2, -0.15) is 5.10 Å². The minimum atomic E-state index is -1.11. The Labute approximate surface area is 183 Å². The Morgan fingerprint density at radius 3 is 2.80 bits per heavy atom. The summed E-state index contributed by atoms with van der Waals surface area (Å²) in [7, 11) is 0. The largest absolute Gasteiger partial charge is 0.476 e. The van der Waals surface area contributed by atoms with Gasteiger partial charge in [-0.3, -0.25) is 5.10 Å². The topological polar surface area (TPSA) is 105 Å². The number of nitrogens with zero attached hydrogens (tertiary/aromatic N) is 3. The van der Waals surface area contributed by atoms with Crippen LogP contribution in [0.25, 0.3) is 10.9 Å². The molecular weight excluding hydrogens is 429 g/mol. The van der Waals surface area contributed by atoms with Crippen molar-refractivity contribution < 1.29 is 14.6 Å². The molecule has 160 valence electrons. The summed E-state index contributed by atoms with van der Waals surface area (Å²) in [6.45, 7) is 7.57. The Hall–Kier alpha value is -2.29. The van der Waals surface area contributed by atoms with Crippen molar-refractivity contribution in [2.24, 2.45) is 0 Å². The molecule has 8 nitrogen and oxygen atoms in total. The molecular formula is C20H23Cl2N5O3. The molecule has 0 unspecified atom stereocenters. The fourth-order valence-electron chi connectivity index (χ4n) is 3.79. The lowest BCUT2D eigenvalue weighted by molar-refractivity contribution is 0.0681. The monoisotopic (exact) mass is 451 g/mol. The number of carbonyl (C=O) groups is 1. The average Bonchev–Trinajstić information content (AvgIpc) is 3.36. The van der Waals surface area contributed by atoms with Gasteiger partial charge < -0.3 is 19.7 Å². The van der Waals surface area contributed by atoms with Crippen LogP contribution < -0.4 is 5.32 Å². The van der Waals surface area contributed by atoms with Crippen molar-refractivity contribution in [1.82, 2.24) is 19.7 Å². The predicted octanol–water partition coefficient (Wildman–Crippen LogP) is 4.64. The van der Waals surface area contributed by atoms with Crippen LogP contribution in [0.15, 0.2) is 12.1 Å². The van der Waals surface area contributed by atoms with Gasteiger partial charge >= 0.3 is 5.97 Å². The van der Waals surface area contributed by atoms with E-state index < -0.39 is 5.97 Å². The van der Waals surface area contributed by atoms with Crippen molar-refractivity contribution in [3.8, 4) is 0 Å². The number of fused-ring (bicyclic) bond motifs is 1. The third-order valence-corrected chi connectivity index (χ3v) is 5.86. The molecule has 0 radical (unpaired) electrons. The summed E-state index contributed by atoms with van der Waals surface area (Å²) in [6, 6.07) is 3.78. The highest BCUT2D eigenvalue weighted by Gasteiger charge is 2.29. The van der Waals surface area contributed by atoms with Gasteiger partial charge in [-0.25, -0.2) is 9.78 Å². The minimum Gasteiger partial charge on any atom is -0.476 e. The van der Waals surface area contributed by atoms with Gasteiger partial charge in [-0.1, -0.05) is 44.0 Å². The molecule has 3 aromatic rings. The minimum absolute atomic E-state index is 0.0161. The van der Waals surface area contributed by atoms with Crippen molar-refractivity contribution in [1.29, 1.82) is 0 Å². The van der Waals surface area contributed by atoms with E-state index in [0.717, 1.165) is 16.5 Å². The van der Waals surface area contributed by atoms with Crippen molar-refractivity contribution in [3.05, 3.63) is 39.4 Å². The molecule has 0 amide bonds. The molecule has 1 fully saturated rings. The lowest BCUT2D eigenvalue weighted by Gasteiger charge is -2.20. The van der Waals surface area contributed by atoms with E-state index in [1.54, 1.807) is 4.57 Å². The number of carboxylic acids is 1. The maximum atomic E-state index is 11.7. The highest BCUT2D eigenvalue weighted by atomic mass is 35.5. The second-order valence-electron chi connectivity index (χ2n) is 8.41. The van der Waals surface area contributed by atoms with Gasteiger partial charge in [0.25, 0.3) is 0 Å². The van der Waals surface area contributed by atoms with Crippen molar-refractivity contribution in [2.75, 3.05) is 18.5 Å². The molecule has 10 heteroatoms. The van der Waals surface area contributed by atoms with Gasteiger partial charge in [-0.15, -0.1) is 0 Å². The van der Waals surface area contributed by atoms with Gasteiger partial charge in [0.05, 0.1) is 24.7 Å². The second kappa shape index (κ2) is 7.76. The van der Waals surface area contributed by atoms with Crippen LogP contribution in [0.1, 0.15) is 55.1 Å². The van der Waals surface area contributed by atoms with E-state index in [9.17, 15) is 9.90 Å². The van der Waals surface area contributed by atoms with Crippen molar-refractivity contribution >= 4 is 45.9 Å². The maximum absolute atomic E-state index is 11.7. The molecule has 0 spiro atoms. The lowest BCUT2D eigenvalue weighted by Crippen LogP contribution is -2.19. The molecule has 1 saturated heterocycles. The number of anilines is 1. The SMILES string of the molecule is CC(C)(C)c1cc2c(NCc3nc(Cl)c(C(=O)O)n3[C@H]3CCOC3)n[nH]c2cc1Cl. The van der Waals surface area contributed by atoms with E-state index in [-0.39, 0.29) is 28.8 Å². The zero-order valence-corrected chi connectivity index (χ0v) is 18.4. The first kappa shape index (κ1) is 21.0. The van der Waals surface area contributed by atoms with Crippen molar-refractivity contribution in [3.63, 3.8) is 0 Å². The van der Waals surface area contributed by atoms with E-state index in [4.69, 9.17) is 27.9 Å². The van der Waals surface area contributed by atoms with Crippen LogP contribution in [0.3, 0.4) is 0 Å². The number of carboxylic acid groups (broad SMARTS) is 1. The lowest BCUT2D eigenvalue weighted by atomic mass is 9.86. The van der Waals surface area contributed by atoms with Crippen LogP contribution >= 0.6 is 23.2 Å². The molecule has 3 N–H and O–H groups in total. The number of halogens is 2. The number of aromatic carboxylic acids is 1. The Morgan fingerprint density at radius 1 is 1.40 bits per heavy atom. The number of H-pyrrole nitrogens is 1. The van der Waals surface area contributed by atoms with E-state index in [1.807, 2.05) is 12.1 Å². The summed E-state index contributed by atoms with van der Waals surface area (Å²) < 4.78 is 7.10. The van der Waals surface area contributed by atoms with Crippen LogP contribution in [0.2, 0.25) is 10.2 Å². The Kier molecular flexibility index (Phi) is 5.42. The van der Waals surface area contributed by atoms with E-state index in [2.05, 4.69) is 41.3 Å². The number of hydrogen-bond donors (Lipinski definition) is 3. The molecule has 1 atom stereocenters. The Balaban J connectivity index is 1.68. The molecule has 2 aromatic heterocycles. The average molecular weight is 452 g/mol. The van der Waals surface area contributed by atoms with E-state index >= 15 is 0 Å². The summed E-state index contributed by atoms with van der Waals surface area (Å²) in [4.78, 5) is 16.0. The Bertz CT molecular complexity index is 1110. The number of aromatic nitrogens is 4. The standard InChI is InChI=1S/C20H23Cl2N5O3/c1-20(2,3)12-6-11-14(7-13(12)21)25-26-18(11)23-8-15-24-17(22)16(19(28)29)27(15)10-4-5-30-9-10/h6-7,10H,4-5,8-9H2,1-3H3,(H,28,29)(H2,23,25,26)/t10-/m0/s1. The molecule has 3 heterocycles. The zero-order chi connectivity index (χ0) is 21.6. The number of imidazole rings is 1. The smallest absolute Gasteiger partial charge is 0.355 e. The maximum Gasteiger partial charge on any atom is 0.355 e. The number of benzene rings is 1. The van der Waals surface area contributed by atoms with Crippen molar-refractivity contribution in [2.45, 2.75) is 45.2 Å². The van der Waals surface area contributed by atoms with Gasteiger partial charge in [0.2, 0.25) is 0 Å². The normalized spacial score (nSPS) is 17.0. The van der Waals surface area contributed by atoms with Crippen LogP contribution in [0.5, 0.6) is 0 Å². The number of hydrogen-bond acceptors (Lipinski definition) is 5. The van der Waals surface area contributed by atoms with Gasteiger partial charge in [0, 0.05) is 17.0 Å². The molecule has 0 saturated carbocycles. The second-order valence-corrected chi connectivity index (χ2v) is 9.18. The van der Waals surface area contributed by atoms with E-state index in [0.29, 0.717) is 36.3 Å². The quantitative estimate of drug-likeness (QED) is 0.521. The van der Waals surface area contributed by atoms with Crippen LogP contribution in [0.4, 0.5) is 5.82 Å². The highest BCUT2D eigenvalue weighted by molar-refractivity contribution is 6.32. The summed E-state index contributed by atoms with van der Waals surface area (Å²) >= 11 is 12.6.